The van der Waals surface area contributed by atoms with E-state index in [1.807, 2.05) is 0 Å². The van der Waals surface area contributed by atoms with E-state index < -0.39 is 0 Å². The zero-order valence-electron chi connectivity index (χ0n) is 11.2. The lowest BCUT2D eigenvalue weighted by atomic mass is 10.1. The van der Waals surface area contributed by atoms with Crippen molar-refractivity contribution in [2.24, 2.45) is 0 Å². The van der Waals surface area contributed by atoms with E-state index in [1.165, 1.54) is 6.39 Å². The van der Waals surface area contributed by atoms with Crippen LogP contribution in [0, 0.1) is 0 Å². The molecule has 22 heavy (non-hydrogen) atoms. The third-order valence-corrected chi connectivity index (χ3v) is 3.59. The zero-order valence-corrected chi connectivity index (χ0v) is 12.7. The Balaban J connectivity index is 1.77. The molecular weight excluding hydrogens is 323 g/mol. The summed E-state index contributed by atoms with van der Waals surface area (Å²) in [6.07, 6.45) is 2.97. The van der Waals surface area contributed by atoms with Crippen molar-refractivity contribution in [3.63, 3.8) is 0 Å². The molecule has 0 saturated carbocycles. The van der Waals surface area contributed by atoms with E-state index in [9.17, 15) is 4.79 Å². The largest absolute Gasteiger partial charge is 0.444 e. The minimum atomic E-state index is -0.256. The second-order valence-electron chi connectivity index (χ2n) is 4.52. The Hall–Kier alpha value is -2.30. The van der Waals surface area contributed by atoms with Gasteiger partial charge in [-0.15, -0.1) is 0 Å². The molecule has 6 heteroatoms. The number of carbonyl (C=O) groups is 1. The van der Waals surface area contributed by atoms with Crippen LogP contribution in [-0.4, -0.2) is 10.9 Å². The summed E-state index contributed by atoms with van der Waals surface area (Å²) in [5, 5.41) is 3.64. The minimum absolute atomic E-state index is 0.256. The van der Waals surface area contributed by atoms with Crippen molar-refractivity contribution in [3.8, 4) is 11.3 Å². The topological polar surface area (TPSA) is 55.1 Å². The molecule has 110 valence electrons. The monoisotopic (exact) mass is 332 g/mol. The molecule has 4 nitrogen and oxygen atoms in total. The lowest BCUT2D eigenvalue weighted by Gasteiger charge is -2.08. The van der Waals surface area contributed by atoms with Crippen LogP contribution in [0.25, 0.3) is 11.3 Å². The molecule has 0 aliphatic carbocycles. The number of rotatable bonds is 3. The molecule has 0 radical (unpaired) electrons. The Bertz CT molecular complexity index is 800. The molecule has 0 bridgehead atoms. The highest BCUT2D eigenvalue weighted by atomic mass is 35.5. The average Bonchev–Trinajstić information content (AvgIpc) is 3.04. The molecule has 0 spiro atoms. The molecule has 1 amide bonds. The maximum absolute atomic E-state index is 12.2. The van der Waals surface area contributed by atoms with Gasteiger partial charge in [-0.05, 0) is 30.3 Å². The normalized spacial score (nSPS) is 10.5. The highest BCUT2D eigenvalue weighted by Crippen LogP contribution is 2.26. The number of anilines is 1. The maximum Gasteiger partial charge on any atom is 0.255 e. The Morgan fingerprint density at radius 2 is 1.86 bits per heavy atom. The standard InChI is InChI=1S/C16H10Cl2N2O2/c17-12-5-6-14(13(18)7-12)20-16(21)11-3-1-10(2-4-11)15-8-19-9-22-15/h1-9H,(H,20,21). The van der Waals surface area contributed by atoms with Crippen molar-refractivity contribution >= 4 is 34.8 Å². The van der Waals surface area contributed by atoms with Crippen LogP contribution in [0.15, 0.2) is 59.5 Å². The molecule has 1 N–H and O–H groups in total. The molecule has 0 aliphatic heterocycles. The minimum Gasteiger partial charge on any atom is -0.444 e. The molecule has 3 aromatic rings. The van der Waals surface area contributed by atoms with E-state index in [0.717, 1.165) is 5.56 Å². The van der Waals surface area contributed by atoms with Gasteiger partial charge < -0.3 is 9.73 Å². The summed E-state index contributed by atoms with van der Waals surface area (Å²) in [5.41, 5.74) is 1.86. The van der Waals surface area contributed by atoms with Crippen molar-refractivity contribution in [1.82, 2.24) is 4.98 Å². The van der Waals surface area contributed by atoms with E-state index in [2.05, 4.69) is 10.3 Å². The van der Waals surface area contributed by atoms with Gasteiger partial charge in [0.25, 0.3) is 5.91 Å². The molecule has 1 aromatic heterocycles. The number of aromatic nitrogens is 1. The van der Waals surface area contributed by atoms with Crippen LogP contribution in [0.3, 0.4) is 0 Å². The second kappa shape index (κ2) is 6.22. The molecule has 0 unspecified atom stereocenters. The Labute approximate surface area is 136 Å². The van der Waals surface area contributed by atoms with Gasteiger partial charge in [0.2, 0.25) is 0 Å². The third-order valence-electron chi connectivity index (χ3n) is 3.04. The Kier molecular flexibility index (Phi) is 4.13. The summed E-state index contributed by atoms with van der Waals surface area (Å²) in [7, 11) is 0. The number of hydrogen-bond acceptors (Lipinski definition) is 3. The fourth-order valence-electron chi connectivity index (χ4n) is 1.93. The summed E-state index contributed by atoms with van der Waals surface area (Å²) in [4.78, 5) is 16.1. The number of amides is 1. The maximum atomic E-state index is 12.2. The van der Waals surface area contributed by atoms with E-state index in [0.29, 0.717) is 27.1 Å². The number of nitrogens with zero attached hydrogens (tertiary/aromatic N) is 1. The number of carbonyl (C=O) groups excluding carboxylic acids is 1. The van der Waals surface area contributed by atoms with Crippen LogP contribution in [0.2, 0.25) is 10.0 Å². The van der Waals surface area contributed by atoms with Gasteiger partial charge in [0.1, 0.15) is 0 Å². The first kappa shape index (κ1) is 14.6. The summed E-state index contributed by atoms with van der Waals surface area (Å²) in [6, 6.07) is 11.9. The van der Waals surface area contributed by atoms with Crippen LogP contribution in [0.4, 0.5) is 5.69 Å². The van der Waals surface area contributed by atoms with Crippen molar-refractivity contribution in [3.05, 3.63) is 70.7 Å². The van der Waals surface area contributed by atoms with Gasteiger partial charge in [0, 0.05) is 16.1 Å². The predicted octanol–water partition coefficient (Wildman–Crippen LogP) is 4.90. The van der Waals surface area contributed by atoms with Gasteiger partial charge in [-0.3, -0.25) is 4.79 Å². The summed E-state index contributed by atoms with van der Waals surface area (Å²) < 4.78 is 5.20. The van der Waals surface area contributed by atoms with Gasteiger partial charge in [-0.1, -0.05) is 35.3 Å². The number of hydrogen-bond donors (Lipinski definition) is 1. The average molecular weight is 333 g/mol. The van der Waals surface area contributed by atoms with Crippen molar-refractivity contribution in [2.75, 3.05) is 5.32 Å². The molecule has 1 heterocycles. The van der Waals surface area contributed by atoms with Crippen LogP contribution < -0.4 is 5.32 Å². The van der Waals surface area contributed by atoms with Crippen molar-refractivity contribution in [1.29, 1.82) is 0 Å². The van der Waals surface area contributed by atoms with E-state index in [4.69, 9.17) is 27.6 Å². The molecule has 2 aromatic carbocycles. The molecule has 0 atom stereocenters. The Morgan fingerprint density at radius 1 is 1.09 bits per heavy atom. The van der Waals surface area contributed by atoms with Crippen LogP contribution in [0.5, 0.6) is 0 Å². The second-order valence-corrected chi connectivity index (χ2v) is 5.36. The highest BCUT2D eigenvalue weighted by molar-refractivity contribution is 6.36. The van der Waals surface area contributed by atoms with E-state index in [1.54, 1.807) is 48.7 Å². The smallest absolute Gasteiger partial charge is 0.255 e. The van der Waals surface area contributed by atoms with E-state index in [-0.39, 0.29) is 5.91 Å². The van der Waals surface area contributed by atoms with Gasteiger partial charge >= 0.3 is 0 Å². The van der Waals surface area contributed by atoms with Gasteiger partial charge in [0.05, 0.1) is 16.9 Å². The Morgan fingerprint density at radius 3 is 2.50 bits per heavy atom. The first-order valence-corrected chi connectivity index (χ1v) is 7.14. The lowest BCUT2D eigenvalue weighted by molar-refractivity contribution is 0.102. The zero-order chi connectivity index (χ0) is 15.5. The number of oxazole rings is 1. The SMILES string of the molecule is O=C(Nc1ccc(Cl)cc1Cl)c1ccc(-c2cnco2)cc1. The van der Waals surface area contributed by atoms with Gasteiger partial charge in [-0.25, -0.2) is 4.98 Å². The van der Waals surface area contributed by atoms with Gasteiger partial charge in [-0.2, -0.15) is 0 Å². The van der Waals surface area contributed by atoms with Gasteiger partial charge in [0.15, 0.2) is 12.2 Å². The first-order valence-electron chi connectivity index (χ1n) is 6.39. The quantitative estimate of drug-likeness (QED) is 0.742. The van der Waals surface area contributed by atoms with E-state index >= 15 is 0 Å². The fourth-order valence-corrected chi connectivity index (χ4v) is 2.39. The lowest BCUT2D eigenvalue weighted by Crippen LogP contribution is -2.12. The van der Waals surface area contributed by atoms with Crippen LogP contribution in [0.1, 0.15) is 10.4 Å². The molecule has 0 fully saturated rings. The number of nitrogens with one attached hydrogen (secondary N) is 1. The predicted molar refractivity (Wildman–Crippen MR) is 86.4 cm³/mol. The molecule has 3 rings (SSSR count). The summed E-state index contributed by atoms with van der Waals surface area (Å²) >= 11 is 11.9. The van der Waals surface area contributed by atoms with Crippen molar-refractivity contribution < 1.29 is 9.21 Å². The van der Waals surface area contributed by atoms with Crippen molar-refractivity contribution in [2.45, 2.75) is 0 Å². The number of halogens is 2. The number of benzene rings is 2. The molecule has 0 aliphatic rings. The van der Waals surface area contributed by atoms with Crippen LogP contribution >= 0.6 is 23.2 Å². The molecule has 0 saturated heterocycles. The molecular formula is C16H10Cl2N2O2. The van der Waals surface area contributed by atoms with Crippen LogP contribution in [-0.2, 0) is 0 Å². The first-order chi connectivity index (χ1) is 10.6. The summed E-state index contributed by atoms with van der Waals surface area (Å²) in [6.45, 7) is 0. The summed E-state index contributed by atoms with van der Waals surface area (Å²) in [5.74, 6) is 0.390. The fraction of sp³-hybridized carbons (Fsp3) is 0. The highest BCUT2D eigenvalue weighted by Gasteiger charge is 2.10. The third kappa shape index (κ3) is 3.13.